The molecule has 0 aliphatic rings. The van der Waals surface area contributed by atoms with Crippen LogP contribution in [0.2, 0.25) is 0 Å². The van der Waals surface area contributed by atoms with Crippen molar-refractivity contribution in [2.24, 2.45) is 0 Å². The zero-order valence-electron chi connectivity index (χ0n) is 13.2. The normalized spacial score (nSPS) is 10.9. The maximum absolute atomic E-state index is 12.5. The van der Waals surface area contributed by atoms with Gasteiger partial charge in [0.05, 0.1) is 5.69 Å². The predicted molar refractivity (Wildman–Crippen MR) is 96.0 cm³/mol. The lowest BCUT2D eigenvalue weighted by Gasteiger charge is -2.06. The molecule has 4 aromatic rings. The molecule has 1 amide bonds. The summed E-state index contributed by atoms with van der Waals surface area (Å²) in [5.74, 6) is 0.0291. The summed E-state index contributed by atoms with van der Waals surface area (Å²) in [6.45, 7) is 1.90. The molecule has 0 bridgehead atoms. The van der Waals surface area contributed by atoms with Crippen LogP contribution in [0.15, 0.2) is 71.1 Å². The van der Waals surface area contributed by atoms with Crippen molar-refractivity contribution in [1.29, 1.82) is 0 Å². The molecule has 0 fully saturated rings. The smallest absolute Gasteiger partial charge is 0.305 e. The van der Waals surface area contributed by atoms with Crippen LogP contribution >= 0.6 is 0 Å². The number of amides is 1. The fourth-order valence-electron chi connectivity index (χ4n) is 2.87. The first-order valence-electron chi connectivity index (χ1n) is 7.76. The molecule has 24 heavy (non-hydrogen) atoms. The number of benzene rings is 3. The molecule has 1 aromatic heterocycles. The van der Waals surface area contributed by atoms with E-state index in [9.17, 15) is 4.79 Å². The Kier molecular flexibility index (Phi) is 3.43. The Morgan fingerprint density at radius 3 is 2.46 bits per heavy atom. The van der Waals surface area contributed by atoms with Gasteiger partial charge in [-0.15, -0.1) is 0 Å². The number of hydrazine groups is 1. The first kappa shape index (κ1) is 14.3. The first-order chi connectivity index (χ1) is 11.7. The van der Waals surface area contributed by atoms with E-state index in [1.807, 2.05) is 73.7 Å². The number of furan rings is 1. The number of hydrogen-bond donors (Lipinski definition) is 2. The van der Waals surface area contributed by atoms with Crippen LogP contribution in [-0.2, 0) is 0 Å². The third-order valence-electron chi connectivity index (χ3n) is 4.13. The van der Waals surface area contributed by atoms with E-state index in [0.717, 1.165) is 33.0 Å². The van der Waals surface area contributed by atoms with Gasteiger partial charge >= 0.3 is 5.91 Å². The number of nitrogens with one attached hydrogen (secondary N) is 2. The van der Waals surface area contributed by atoms with Crippen molar-refractivity contribution >= 4 is 33.3 Å². The molecule has 4 heteroatoms. The third-order valence-corrected chi connectivity index (χ3v) is 4.13. The van der Waals surface area contributed by atoms with Crippen molar-refractivity contribution in [1.82, 2.24) is 5.43 Å². The lowest BCUT2D eigenvalue weighted by molar-refractivity contribution is 0.0936. The molecule has 0 radical (unpaired) electrons. The Bertz CT molecular complexity index is 1040. The van der Waals surface area contributed by atoms with E-state index in [4.69, 9.17) is 4.42 Å². The van der Waals surface area contributed by atoms with Gasteiger partial charge in [-0.05, 0) is 24.4 Å². The minimum absolute atomic E-state index is 0.295. The summed E-state index contributed by atoms with van der Waals surface area (Å²) >= 11 is 0. The van der Waals surface area contributed by atoms with Gasteiger partial charge in [0.25, 0.3) is 0 Å². The Balaban J connectivity index is 1.70. The number of rotatable bonds is 3. The molecule has 0 unspecified atom stereocenters. The second kappa shape index (κ2) is 5.74. The van der Waals surface area contributed by atoms with Crippen LogP contribution < -0.4 is 10.9 Å². The predicted octanol–water partition coefficient (Wildman–Crippen LogP) is 4.65. The number of carbonyl (C=O) groups is 1. The molecule has 118 valence electrons. The number of para-hydroxylation sites is 1. The Morgan fingerprint density at radius 2 is 1.62 bits per heavy atom. The molecular formula is C20H16N2O2. The van der Waals surface area contributed by atoms with Crippen molar-refractivity contribution < 1.29 is 9.21 Å². The highest BCUT2D eigenvalue weighted by Gasteiger charge is 2.18. The van der Waals surface area contributed by atoms with E-state index in [2.05, 4.69) is 10.9 Å². The molecule has 0 saturated heterocycles. The Morgan fingerprint density at radius 1 is 0.875 bits per heavy atom. The average molecular weight is 316 g/mol. The summed E-state index contributed by atoms with van der Waals surface area (Å²) in [6, 6.07) is 21.5. The lowest BCUT2D eigenvalue weighted by Crippen LogP contribution is -2.29. The fourth-order valence-corrected chi connectivity index (χ4v) is 2.87. The van der Waals surface area contributed by atoms with Crippen LogP contribution in [0.3, 0.4) is 0 Å². The van der Waals surface area contributed by atoms with Crippen LogP contribution in [0.25, 0.3) is 21.7 Å². The van der Waals surface area contributed by atoms with Gasteiger partial charge in [0.15, 0.2) is 5.76 Å². The SMILES string of the molecule is Cc1c(C(=O)NNc2ccccc2)oc2c1ccc1ccccc12. The molecule has 4 rings (SSSR count). The summed E-state index contributed by atoms with van der Waals surface area (Å²) in [6.07, 6.45) is 0. The highest BCUT2D eigenvalue weighted by Crippen LogP contribution is 2.31. The maximum Gasteiger partial charge on any atom is 0.305 e. The fraction of sp³-hybridized carbons (Fsp3) is 0.0500. The summed E-state index contributed by atoms with van der Waals surface area (Å²) in [5.41, 5.74) is 7.97. The van der Waals surface area contributed by atoms with Gasteiger partial charge in [-0.3, -0.25) is 15.6 Å². The molecule has 0 spiro atoms. The van der Waals surface area contributed by atoms with E-state index in [1.165, 1.54) is 0 Å². The number of anilines is 1. The number of aryl methyl sites for hydroxylation is 1. The molecule has 3 aromatic carbocycles. The topological polar surface area (TPSA) is 54.3 Å². The second-order valence-electron chi connectivity index (χ2n) is 5.66. The Hall–Kier alpha value is -3.27. The highest BCUT2D eigenvalue weighted by atomic mass is 16.3. The van der Waals surface area contributed by atoms with Crippen LogP contribution in [0.4, 0.5) is 5.69 Å². The van der Waals surface area contributed by atoms with E-state index in [1.54, 1.807) is 0 Å². The Labute approximate surface area is 139 Å². The van der Waals surface area contributed by atoms with Crippen molar-refractivity contribution in [3.05, 3.63) is 78.1 Å². The van der Waals surface area contributed by atoms with Gasteiger partial charge in [-0.1, -0.05) is 54.6 Å². The van der Waals surface area contributed by atoms with E-state index in [-0.39, 0.29) is 5.91 Å². The van der Waals surface area contributed by atoms with Crippen molar-refractivity contribution in [2.45, 2.75) is 6.92 Å². The number of fused-ring (bicyclic) bond motifs is 3. The monoisotopic (exact) mass is 316 g/mol. The highest BCUT2D eigenvalue weighted by molar-refractivity contribution is 6.09. The van der Waals surface area contributed by atoms with Gasteiger partial charge in [0.1, 0.15) is 5.58 Å². The molecule has 0 aliphatic heterocycles. The number of hydrogen-bond acceptors (Lipinski definition) is 3. The zero-order valence-corrected chi connectivity index (χ0v) is 13.2. The van der Waals surface area contributed by atoms with Gasteiger partial charge in [-0.2, -0.15) is 0 Å². The average Bonchev–Trinajstić information content (AvgIpc) is 2.98. The molecular weight excluding hydrogens is 300 g/mol. The molecule has 0 atom stereocenters. The minimum Gasteiger partial charge on any atom is -0.450 e. The first-order valence-corrected chi connectivity index (χ1v) is 7.76. The zero-order chi connectivity index (χ0) is 16.5. The largest absolute Gasteiger partial charge is 0.450 e. The van der Waals surface area contributed by atoms with E-state index >= 15 is 0 Å². The summed E-state index contributed by atoms with van der Waals surface area (Å²) in [7, 11) is 0. The van der Waals surface area contributed by atoms with Crippen LogP contribution in [0, 0.1) is 6.92 Å². The van der Waals surface area contributed by atoms with Crippen LogP contribution in [-0.4, -0.2) is 5.91 Å². The van der Waals surface area contributed by atoms with Crippen molar-refractivity contribution in [2.75, 3.05) is 5.43 Å². The van der Waals surface area contributed by atoms with Crippen molar-refractivity contribution in [3.8, 4) is 0 Å². The summed E-state index contributed by atoms with van der Waals surface area (Å²) < 4.78 is 5.91. The second-order valence-corrected chi connectivity index (χ2v) is 5.66. The quantitative estimate of drug-likeness (QED) is 0.541. The van der Waals surface area contributed by atoms with E-state index < -0.39 is 0 Å². The maximum atomic E-state index is 12.5. The molecule has 4 nitrogen and oxygen atoms in total. The molecule has 0 aliphatic carbocycles. The van der Waals surface area contributed by atoms with Gasteiger partial charge in [0, 0.05) is 16.3 Å². The van der Waals surface area contributed by atoms with Gasteiger partial charge in [-0.25, -0.2) is 0 Å². The molecule has 0 saturated carbocycles. The van der Waals surface area contributed by atoms with Crippen LogP contribution in [0.5, 0.6) is 0 Å². The summed E-state index contributed by atoms with van der Waals surface area (Å²) in [4.78, 5) is 12.5. The minimum atomic E-state index is -0.295. The van der Waals surface area contributed by atoms with E-state index in [0.29, 0.717) is 5.76 Å². The third kappa shape index (κ3) is 2.38. The standard InChI is InChI=1S/C20H16N2O2/c1-13-16-12-11-14-7-5-6-10-17(14)19(16)24-18(13)20(23)22-21-15-8-3-2-4-9-15/h2-12,21H,1H3,(H,22,23). The van der Waals surface area contributed by atoms with Crippen LogP contribution in [0.1, 0.15) is 16.1 Å². The number of carbonyl (C=O) groups excluding carboxylic acids is 1. The van der Waals surface area contributed by atoms with Gasteiger partial charge < -0.3 is 4.42 Å². The van der Waals surface area contributed by atoms with Crippen molar-refractivity contribution in [3.63, 3.8) is 0 Å². The molecule has 2 N–H and O–H groups in total. The lowest BCUT2D eigenvalue weighted by atomic mass is 10.1. The summed E-state index contributed by atoms with van der Waals surface area (Å²) in [5, 5.41) is 3.06. The van der Waals surface area contributed by atoms with Gasteiger partial charge in [0.2, 0.25) is 0 Å². The molecule has 1 heterocycles.